The molecule has 0 amide bonds. The molecule has 0 aromatic carbocycles. The van der Waals surface area contributed by atoms with Crippen LogP contribution < -0.4 is 0 Å². The molecule has 77 heavy (non-hydrogen) atoms. The van der Waals surface area contributed by atoms with Crippen molar-refractivity contribution in [2.45, 2.75) is 309 Å². The summed E-state index contributed by atoms with van der Waals surface area (Å²) in [7, 11) is -9.86. The summed E-state index contributed by atoms with van der Waals surface area (Å²) >= 11 is 0. The highest BCUT2D eigenvalue weighted by Crippen LogP contribution is 2.45. The molecular formula is C58H112O17P2. The van der Waals surface area contributed by atoms with E-state index >= 15 is 0 Å². The van der Waals surface area contributed by atoms with E-state index in [0.717, 1.165) is 122 Å². The second kappa shape index (κ2) is 53.4. The number of carbonyl (C=O) groups is 4. The molecule has 0 aromatic heterocycles. The Morgan fingerprint density at radius 1 is 0.312 bits per heavy atom. The van der Waals surface area contributed by atoms with E-state index in [2.05, 4.69) is 27.7 Å². The first-order chi connectivity index (χ1) is 37.2. The predicted molar refractivity (Wildman–Crippen MR) is 303 cm³/mol. The minimum absolute atomic E-state index is 0.104. The average Bonchev–Trinajstić information content (AvgIpc) is 3.40. The molecule has 0 radical (unpaired) electrons. The summed E-state index contributed by atoms with van der Waals surface area (Å²) in [4.78, 5) is 71.6. The predicted octanol–water partition coefficient (Wildman–Crippen LogP) is 15.6. The number of ether oxygens (including phenoxy) is 4. The second-order valence-electron chi connectivity index (χ2n) is 21.0. The lowest BCUT2D eigenvalue weighted by atomic mass is 10.0. The van der Waals surface area contributed by atoms with Crippen molar-refractivity contribution in [1.29, 1.82) is 0 Å². The van der Waals surface area contributed by atoms with Gasteiger partial charge in [0.25, 0.3) is 0 Å². The minimum Gasteiger partial charge on any atom is -0.462 e. The number of esters is 4. The Morgan fingerprint density at radius 2 is 0.519 bits per heavy atom. The van der Waals surface area contributed by atoms with E-state index in [1.54, 1.807) is 0 Å². The van der Waals surface area contributed by atoms with Crippen molar-refractivity contribution < 1.29 is 80.2 Å². The number of phosphoric ester groups is 2. The van der Waals surface area contributed by atoms with Gasteiger partial charge in [-0.1, -0.05) is 240 Å². The van der Waals surface area contributed by atoms with Crippen molar-refractivity contribution in [3.63, 3.8) is 0 Å². The Kier molecular flexibility index (Phi) is 52.0. The van der Waals surface area contributed by atoms with Crippen molar-refractivity contribution in [3.8, 4) is 0 Å². The molecule has 0 rings (SSSR count). The zero-order valence-electron chi connectivity index (χ0n) is 48.9. The number of hydrogen-bond acceptors (Lipinski definition) is 15. The Hall–Kier alpha value is -1.94. The fraction of sp³-hybridized carbons (Fsp3) is 0.931. The van der Waals surface area contributed by atoms with E-state index in [-0.39, 0.29) is 25.7 Å². The van der Waals surface area contributed by atoms with E-state index in [9.17, 15) is 43.2 Å². The van der Waals surface area contributed by atoms with Gasteiger partial charge in [-0.3, -0.25) is 37.3 Å². The minimum atomic E-state index is -4.93. The fourth-order valence-corrected chi connectivity index (χ4v) is 10.2. The van der Waals surface area contributed by atoms with E-state index in [4.69, 9.17) is 37.0 Å². The van der Waals surface area contributed by atoms with Crippen LogP contribution in [0.3, 0.4) is 0 Å². The number of unbranched alkanes of at least 4 members (excludes halogenated alkanes) is 33. The molecule has 0 saturated heterocycles. The van der Waals surface area contributed by atoms with Crippen molar-refractivity contribution in [3.05, 3.63) is 0 Å². The molecule has 17 nitrogen and oxygen atoms in total. The Morgan fingerprint density at radius 3 is 0.766 bits per heavy atom. The van der Waals surface area contributed by atoms with Gasteiger partial charge < -0.3 is 33.8 Å². The summed E-state index contributed by atoms with van der Waals surface area (Å²) in [6.45, 7) is 4.74. The fourth-order valence-electron chi connectivity index (χ4n) is 8.57. The van der Waals surface area contributed by atoms with Gasteiger partial charge in [0.1, 0.15) is 19.3 Å². The molecule has 0 heterocycles. The van der Waals surface area contributed by atoms with Crippen molar-refractivity contribution in [2.75, 3.05) is 39.6 Å². The molecule has 456 valence electrons. The molecule has 0 aliphatic heterocycles. The van der Waals surface area contributed by atoms with Crippen LogP contribution in [0.5, 0.6) is 0 Å². The maximum absolute atomic E-state index is 12.9. The summed E-state index contributed by atoms with van der Waals surface area (Å²) in [5, 5.41) is 10.5. The molecule has 0 aromatic rings. The SMILES string of the molecule is CCCCCCCCCCCCCCCCCC(=O)O[C@H](COC(=O)CCCCCCCCCC)COP(=O)(O)OC[C@@H](O)COP(=O)(O)OC[C@@H](COC(=O)CCCCCCCCC)OC(=O)CCCCCCCCC. The average molecular weight is 1140 g/mol. The molecule has 0 saturated carbocycles. The van der Waals surface area contributed by atoms with Crippen LogP contribution in [0.2, 0.25) is 0 Å². The molecule has 0 aliphatic rings. The maximum Gasteiger partial charge on any atom is 0.472 e. The first-order valence-corrected chi connectivity index (χ1v) is 33.8. The molecule has 2 unspecified atom stereocenters. The van der Waals surface area contributed by atoms with Gasteiger partial charge in [0, 0.05) is 25.7 Å². The van der Waals surface area contributed by atoms with Gasteiger partial charge in [-0.25, -0.2) is 9.13 Å². The summed E-state index contributed by atoms with van der Waals surface area (Å²) in [6, 6.07) is 0. The van der Waals surface area contributed by atoms with Crippen LogP contribution in [0.4, 0.5) is 0 Å². The highest BCUT2D eigenvalue weighted by atomic mass is 31.2. The number of aliphatic hydroxyl groups excluding tert-OH is 1. The molecule has 0 aliphatic carbocycles. The number of aliphatic hydroxyl groups is 1. The molecule has 19 heteroatoms. The number of carbonyl (C=O) groups excluding carboxylic acids is 4. The van der Waals surface area contributed by atoms with Gasteiger partial charge in [0.2, 0.25) is 0 Å². The highest BCUT2D eigenvalue weighted by molar-refractivity contribution is 7.47. The quantitative estimate of drug-likeness (QED) is 0.0222. The van der Waals surface area contributed by atoms with Gasteiger partial charge in [0.05, 0.1) is 26.4 Å². The Balaban J connectivity index is 5.14. The first-order valence-electron chi connectivity index (χ1n) is 30.8. The van der Waals surface area contributed by atoms with Crippen LogP contribution in [-0.2, 0) is 65.4 Å². The van der Waals surface area contributed by atoms with Crippen LogP contribution in [0, 0.1) is 0 Å². The number of rotatable bonds is 59. The lowest BCUT2D eigenvalue weighted by Crippen LogP contribution is -2.30. The monoisotopic (exact) mass is 1140 g/mol. The summed E-state index contributed by atoms with van der Waals surface area (Å²) < 4.78 is 67.5. The zero-order valence-corrected chi connectivity index (χ0v) is 50.7. The van der Waals surface area contributed by atoms with E-state index < -0.39 is 97.5 Å². The lowest BCUT2D eigenvalue weighted by Gasteiger charge is -2.21. The summed E-state index contributed by atoms with van der Waals surface area (Å²) in [6.07, 6.45) is 36.5. The molecule has 0 spiro atoms. The van der Waals surface area contributed by atoms with Crippen LogP contribution in [-0.4, -0.2) is 96.7 Å². The first kappa shape index (κ1) is 75.1. The van der Waals surface area contributed by atoms with Gasteiger partial charge >= 0.3 is 39.5 Å². The van der Waals surface area contributed by atoms with Gasteiger partial charge in [-0.15, -0.1) is 0 Å². The molecular weight excluding hydrogens is 1030 g/mol. The molecule has 0 bridgehead atoms. The topological polar surface area (TPSA) is 237 Å². The van der Waals surface area contributed by atoms with Crippen LogP contribution in [0.25, 0.3) is 0 Å². The number of phosphoric acid groups is 2. The van der Waals surface area contributed by atoms with E-state index in [1.165, 1.54) is 89.9 Å². The third-order valence-electron chi connectivity index (χ3n) is 13.4. The number of hydrogen-bond donors (Lipinski definition) is 3. The smallest absolute Gasteiger partial charge is 0.462 e. The third kappa shape index (κ3) is 53.2. The van der Waals surface area contributed by atoms with Gasteiger partial charge in [-0.05, 0) is 25.7 Å². The largest absolute Gasteiger partial charge is 0.472 e. The maximum atomic E-state index is 12.9. The summed E-state index contributed by atoms with van der Waals surface area (Å²) in [5.41, 5.74) is 0. The van der Waals surface area contributed by atoms with Gasteiger partial charge in [0.15, 0.2) is 12.2 Å². The Labute approximate surface area is 467 Å². The van der Waals surface area contributed by atoms with Crippen LogP contribution in [0.1, 0.15) is 291 Å². The van der Waals surface area contributed by atoms with Crippen LogP contribution >= 0.6 is 15.6 Å². The zero-order chi connectivity index (χ0) is 56.9. The van der Waals surface area contributed by atoms with Gasteiger partial charge in [-0.2, -0.15) is 0 Å². The molecule has 0 fully saturated rings. The Bertz CT molecular complexity index is 1500. The normalized spacial score (nSPS) is 14.3. The third-order valence-corrected chi connectivity index (χ3v) is 15.3. The molecule has 5 atom stereocenters. The lowest BCUT2D eigenvalue weighted by molar-refractivity contribution is -0.161. The van der Waals surface area contributed by atoms with Crippen molar-refractivity contribution in [1.82, 2.24) is 0 Å². The van der Waals surface area contributed by atoms with Crippen LogP contribution in [0.15, 0.2) is 0 Å². The second-order valence-corrected chi connectivity index (χ2v) is 23.9. The summed E-state index contributed by atoms with van der Waals surface area (Å²) in [5.74, 6) is -2.15. The standard InChI is InChI=1S/C58H112O17P2/c1-5-9-13-17-21-23-24-25-26-27-28-29-33-37-41-45-58(63)75-54(49-69-56(61)43-39-35-32-22-18-14-10-6-2)51-73-77(66,67)71-47-52(59)46-70-76(64,65)72-50-53(74-57(62)44-40-36-31-20-16-12-8-4)48-68-55(60)42-38-34-30-19-15-11-7-3/h52-54,59H,5-51H2,1-4H3,(H,64,65)(H,66,67)/t52-,53+,54+/m0/s1. The van der Waals surface area contributed by atoms with E-state index in [1.807, 2.05) is 0 Å². The van der Waals surface area contributed by atoms with Crippen molar-refractivity contribution >= 4 is 39.5 Å². The highest BCUT2D eigenvalue weighted by Gasteiger charge is 2.30. The van der Waals surface area contributed by atoms with E-state index in [0.29, 0.717) is 25.7 Å². The van der Waals surface area contributed by atoms with Crippen molar-refractivity contribution in [2.24, 2.45) is 0 Å². The molecule has 3 N–H and O–H groups in total.